The van der Waals surface area contributed by atoms with Gasteiger partial charge in [-0.15, -0.1) is 21.5 Å². The molecule has 2 heterocycles. The summed E-state index contributed by atoms with van der Waals surface area (Å²) in [7, 11) is 6.33. The third-order valence-electron chi connectivity index (χ3n) is 4.55. The summed E-state index contributed by atoms with van der Waals surface area (Å²) in [6, 6.07) is 11.4. The summed E-state index contributed by atoms with van der Waals surface area (Å²) in [4.78, 5) is 4.71. The number of benzene rings is 2. The quantitative estimate of drug-likeness (QED) is 0.306. The molecule has 0 unspecified atom stereocenters. The maximum absolute atomic E-state index is 5.84. The fourth-order valence-corrected chi connectivity index (χ4v) is 4.65. The number of methoxy groups -OCH3 is 4. The van der Waals surface area contributed by atoms with Gasteiger partial charge in [0.25, 0.3) is 5.22 Å². The van der Waals surface area contributed by atoms with E-state index in [2.05, 4.69) is 10.2 Å². The van der Waals surface area contributed by atoms with E-state index in [4.69, 9.17) is 28.3 Å². The van der Waals surface area contributed by atoms with Crippen molar-refractivity contribution in [2.45, 2.75) is 11.0 Å². The van der Waals surface area contributed by atoms with E-state index in [1.807, 2.05) is 29.6 Å². The van der Waals surface area contributed by atoms with Crippen LogP contribution in [-0.2, 0) is 5.75 Å². The molecule has 8 nitrogen and oxygen atoms in total. The molecule has 0 bridgehead atoms. The van der Waals surface area contributed by atoms with Crippen molar-refractivity contribution in [3.05, 3.63) is 47.5 Å². The van der Waals surface area contributed by atoms with Crippen LogP contribution in [-0.4, -0.2) is 43.6 Å². The fraction of sp³-hybridized carbons (Fsp3) is 0.227. The summed E-state index contributed by atoms with van der Waals surface area (Å²) in [5.41, 5.74) is 2.57. The second-order valence-electron chi connectivity index (χ2n) is 6.42. The summed E-state index contributed by atoms with van der Waals surface area (Å²) < 4.78 is 27.4. The molecule has 0 fully saturated rings. The molecule has 4 aromatic rings. The molecule has 0 spiro atoms. The van der Waals surface area contributed by atoms with Crippen molar-refractivity contribution in [3.63, 3.8) is 0 Å². The molecule has 0 atom stereocenters. The standard InChI is InChI=1S/C22H21N3O5S2/c1-26-16-8-6-5-7-15(16)21-23-14(11-31-21)12-32-22-25-24-20(30-22)13-9-17(27-2)19(29-4)18(10-13)28-3/h5-11H,12H2,1-4H3. The largest absolute Gasteiger partial charge is 0.496 e. The van der Waals surface area contributed by atoms with Crippen LogP contribution < -0.4 is 18.9 Å². The minimum absolute atomic E-state index is 0.361. The van der Waals surface area contributed by atoms with E-state index in [9.17, 15) is 0 Å². The number of rotatable bonds is 9. The first-order valence-corrected chi connectivity index (χ1v) is 11.4. The van der Waals surface area contributed by atoms with Crippen LogP contribution in [0, 0.1) is 0 Å². The van der Waals surface area contributed by atoms with E-state index in [1.54, 1.807) is 51.9 Å². The van der Waals surface area contributed by atoms with E-state index >= 15 is 0 Å². The monoisotopic (exact) mass is 471 g/mol. The van der Waals surface area contributed by atoms with E-state index in [1.165, 1.54) is 11.8 Å². The first-order chi connectivity index (χ1) is 15.7. The molecule has 0 amide bonds. The minimum Gasteiger partial charge on any atom is -0.496 e. The van der Waals surface area contributed by atoms with E-state index in [0.717, 1.165) is 22.0 Å². The molecule has 2 aromatic carbocycles. The predicted molar refractivity (Wildman–Crippen MR) is 123 cm³/mol. The lowest BCUT2D eigenvalue weighted by Gasteiger charge is -2.12. The molecule has 0 N–H and O–H groups in total. The van der Waals surface area contributed by atoms with Crippen molar-refractivity contribution in [2.75, 3.05) is 28.4 Å². The van der Waals surface area contributed by atoms with Gasteiger partial charge in [0.05, 0.1) is 39.7 Å². The molecule has 10 heteroatoms. The van der Waals surface area contributed by atoms with Gasteiger partial charge in [0, 0.05) is 16.7 Å². The van der Waals surface area contributed by atoms with Crippen LogP contribution >= 0.6 is 23.1 Å². The number of thiazole rings is 1. The molecule has 2 aromatic heterocycles. The van der Waals surface area contributed by atoms with Gasteiger partial charge >= 0.3 is 0 Å². The van der Waals surface area contributed by atoms with Crippen molar-refractivity contribution < 1.29 is 23.4 Å². The zero-order valence-electron chi connectivity index (χ0n) is 17.9. The highest BCUT2D eigenvalue weighted by molar-refractivity contribution is 7.98. The molecular weight excluding hydrogens is 450 g/mol. The van der Waals surface area contributed by atoms with Crippen LogP contribution in [0.15, 0.2) is 51.4 Å². The molecular formula is C22H21N3O5S2. The Kier molecular flexibility index (Phi) is 6.81. The smallest absolute Gasteiger partial charge is 0.277 e. The van der Waals surface area contributed by atoms with Gasteiger partial charge < -0.3 is 23.4 Å². The van der Waals surface area contributed by atoms with Gasteiger partial charge in [-0.2, -0.15) is 0 Å². The summed E-state index contributed by atoms with van der Waals surface area (Å²) in [6.45, 7) is 0. The summed E-state index contributed by atoms with van der Waals surface area (Å²) in [6.07, 6.45) is 0. The molecule has 0 radical (unpaired) electrons. The lowest BCUT2D eigenvalue weighted by Crippen LogP contribution is -1.95. The number of hydrogen-bond acceptors (Lipinski definition) is 10. The zero-order valence-corrected chi connectivity index (χ0v) is 19.6. The van der Waals surface area contributed by atoms with Gasteiger partial charge in [0.2, 0.25) is 11.6 Å². The Labute approximate surface area is 193 Å². The van der Waals surface area contributed by atoms with Crippen LogP contribution in [0.25, 0.3) is 22.0 Å². The van der Waals surface area contributed by atoms with E-state index in [-0.39, 0.29) is 0 Å². The number of nitrogens with zero attached hydrogens (tertiary/aromatic N) is 3. The van der Waals surface area contributed by atoms with Crippen LogP contribution in [0.4, 0.5) is 0 Å². The number of hydrogen-bond donors (Lipinski definition) is 0. The van der Waals surface area contributed by atoms with E-state index < -0.39 is 0 Å². The van der Waals surface area contributed by atoms with Crippen LogP contribution in [0.5, 0.6) is 23.0 Å². The first-order valence-electron chi connectivity index (χ1n) is 9.51. The van der Waals surface area contributed by atoms with Crippen molar-refractivity contribution >= 4 is 23.1 Å². The molecule has 0 saturated carbocycles. The van der Waals surface area contributed by atoms with Crippen molar-refractivity contribution in [1.29, 1.82) is 0 Å². The Bertz CT molecular complexity index is 1180. The van der Waals surface area contributed by atoms with E-state index in [0.29, 0.717) is 39.7 Å². The van der Waals surface area contributed by atoms with Gasteiger partial charge in [-0.25, -0.2) is 4.98 Å². The average molecular weight is 472 g/mol. The number of aromatic nitrogens is 3. The second-order valence-corrected chi connectivity index (χ2v) is 8.20. The molecule has 4 rings (SSSR count). The molecule has 166 valence electrons. The van der Waals surface area contributed by atoms with Crippen LogP contribution in [0.1, 0.15) is 5.69 Å². The maximum Gasteiger partial charge on any atom is 0.277 e. The van der Waals surface area contributed by atoms with Crippen molar-refractivity contribution in [2.24, 2.45) is 0 Å². The summed E-state index contributed by atoms with van der Waals surface area (Å²) >= 11 is 2.99. The van der Waals surface area contributed by atoms with Crippen molar-refractivity contribution in [1.82, 2.24) is 15.2 Å². The van der Waals surface area contributed by atoms with Crippen LogP contribution in [0.3, 0.4) is 0 Å². The first kappa shape index (κ1) is 22.0. The Morgan fingerprint density at radius 3 is 2.31 bits per heavy atom. The molecule has 0 aliphatic rings. The summed E-state index contributed by atoms with van der Waals surface area (Å²) in [5, 5.41) is 11.7. The second kappa shape index (κ2) is 9.92. The SMILES string of the molecule is COc1ccccc1-c1nc(CSc2nnc(-c3cc(OC)c(OC)c(OC)c3)o2)cs1. The highest BCUT2D eigenvalue weighted by Crippen LogP contribution is 2.41. The van der Waals surface area contributed by atoms with Gasteiger partial charge in [-0.3, -0.25) is 0 Å². The predicted octanol–water partition coefficient (Wildman–Crippen LogP) is 5.19. The molecule has 0 aliphatic heterocycles. The lowest BCUT2D eigenvalue weighted by atomic mass is 10.2. The average Bonchev–Trinajstić information content (AvgIpc) is 3.51. The lowest BCUT2D eigenvalue weighted by molar-refractivity contribution is 0.324. The number of thioether (sulfide) groups is 1. The Morgan fingerprint density at radius 1 is 0.906 bits per heavy atom. The number of para-hydroxylation sites is 1. The third kappa shape index (κ3) is 4.51. The molecule has 32 heavy (non-hydrogen) atoms. The third-order valence-corrected chi connectivity index (χ3v) is 6.33. The minimum atomic E-state index is 0.361. The van der Waals surface area contributed by atoms with Crippen LogP contribution in [0.2, 0.25) is 0 Å². The Balaban J connectivity index is 1.49. The molecule has 0 saturated heterocycles. The molecule has 0 aliphatic carbocycles. The highest BCUT2D eigenvalue weighted by Gasteiger charge is 2.18. The topological polar surface area (TPSA) is 88.7 Å². The van der Waals surface area contributed by atoms with Gasteiger partial charge in [0.1, 0.15) is 10.8 Å². The van der Waals surface area contributed by atoms with Gasteiger partial charge in [-0.1, -0.05) is 23.9 Å². The maximum atomic E-state index is 5.84. The van der Waals surface area contributed by atoms with Crippen molar-refractivity contribution in [3.8, 4) is 45.0 Å². The highest BCUT2D eigenvalue weighted by atomic mass is 32.2. The Hall–Kier alpha value is -3.24. The number of ether oxygens (including phenoxy) is 4. The van der Waals surface area contributed by atoms with Gasteiger partial charge in [-0.05, 0) is 24.3 Å². The zero-order chi connectivity index (χ0) is 22.5. The van der Waals surface area contributed by atoms with Gasteiger partial charge in [0.15, 0.2) is 11.5 Å². The Morgan fingerprint density at radius 2 is 1.62 bits per heavy atom. The normalized spacial score (nSPS) is 10.8. The fourth-order valence-electron chi connectivity index (χ4n) is 3.04. The summed E-state index contributed by atoms with van der Waals surface area (Å²) in [5.74, 6) is 3.29.